The molecule has 0 N–H and O–H groups in total. The van der Waals surface area contributed by atoms with Crippen molar-refractivity contribution in [3.05, 3.63) is 0 Å². The average molecular weight is 181 g/mol. The molecule has 13 heavy (non-hydrogen) atoms. The largest absolute Gasteiger partial charge is 0.336 e. The zero-order chi connectivity index (χ0) is 9.42. The number of carbonyl (C=O) groups excluding carboxylic acids is 2. The summed E-state index contributed by atoms with van der Waals surface area (Å²) < 4.78 is 0. The zero-order valence-electron chi connectivity index (χ0n) is 7.95. The van der Waals surface area contributed by atoms with Gasteiger partial charge < -0.3 is 4.90 Å². The minimum Gasteiger partial charge on any atom is -0.336 e. The smallest absolute Gasteiger partial charge is 0.222 e. The molecule has 0 aliphatic carbocycles. The minimum atomic E-state index is 0.222. The highest BCUT2D eigenvalue weighted by molar-refractivity contribution is 5.85. The summed E-state index contributed by atoms with van der Waals surface area (Å²) in [6.45, 7) is 1.89. The molecule has 0 unspecified atom stereocenters. The summed E-state index contributed by atoms with van der Waals surface area (Å²) in [4.78, 5) is 24.8. The van der Waals surface area contributed by atoms with Gasteiger partial charge in [0.15, 0.2) is 0 Å². The highest BCUT2D eigenvalue weighted by atomic mass is 16.2. The fourth-order valence-electron chi connectivity index (χ4n) is 2.56. The van der Waals surface area contributed by atoms with E-state index in [1.807, 2.05) is 11.8 Å². The number of nitrogens with zero attached hydrogens (tertiary/aromatic N) is 1. The molecule has 72 valence electrons. The maximum absolute atomic E-state index is 11.5. The Morgan fingerprint density at radius 1 is 1.38 bits per heavy atom. The molecule has 2 aliphatic rings. The molecule has 0 aromatic carbocycles. The number of ketones is 1. The molecule has 2 rings (SSSR count). The molecule has 2 aliphatic heterocycles. The van der Waals surface area contributed by atoms with Crippen molar-refractivity contribution >= 4 is 11.7 Å². The summed E-state index contributed by atoms with van der Waals surface area (Å²) in [5.41, 5.74) is 0. The van der Waals surface area contributed by atoms with E-state index in [0.717, 1.165) is 12.8 Å². The standard InChI is InChI=1S/C10H15NO2/c1-2-10(13)11-7-3-4-8(11)6-9(12)5-7/h7-8H,2-6H2,1H3/t7-,8+. The van der Waals surface area contributed by atoms with Gasteiger partial charge in [-0.2, -0.15) is 0 Å². The third-order valence-corrected chi connectivity index (χ3v) is 3.14. The molecular formula is C10H15NO2. The topological polar surface area (TPSA) is 37.4 Å². The van der Waals surface area contributed by atoms with E-state index in [1.165, 1.54) is 0 Å². The molecule has 0 aromatic heterocycles. The van der Waals surface area contributed by atoms with Crippen LogP contribution in [0.25, 0.3) is 0 Å². The lowest BCUT2D eigenvalue weighted by Crippen LogP contribution is -2.46. The van der Waals surface area contributed by atoms with Crippen LogP contribution >= 0.6 is 0 Å². The summed E-state index contributed by atoms with van der Waals surface area (Å²) in [6, 6.07) is 0.470. The lowest BCUT2D eigenvalue weighted by Gasteiger charge is -2.33. The lowest BCUT2D eigenvalue weighted by atomic mass is 10.0. The van der Waals surface area contributed by atoms with Gasteiger partial charge in [0.1, 0.15) is 5.78 Å². The lowest BCUT2D eigenvalue weighted by molar-refractivity contribution is -0.138. The number of carbonyl (C=O) groups is 2. The Kier molecular flexibility index (Phi) is 2.10. The Labute approximate surface area is 78.1 Å². The van der Waals surface area contributed by atoms with Gasteiger partial charge in [-0.3, -0.25) is 9.59 Å². The highest BCUT2D eigenvalue weighted by Crippen LogP contribution is 2.34. The predicted molar refractivity (Wildman–Crippen MR) is 48.2 cm³/mol. The van der Waals surface area contributed by atoms with E-state index in [2.05, 4.69) is 0 Å². The first kappa shape index (κ1) is 8.73. The van der Waals surface area contributed by atoms with Crippen LogP contribution in [0.3, 0.4) is 0 Å². The van der Waals surface area contributed by atoms with Crippen molar-refractivity contribution in [2.75, 3.05) is 0 Å². The van der Waals surface area contributed by atoms with Crippen LogP contribution in [0.15, 0.2) is 0 Å². The van der Waals surface area contributed by atoms with Crippen molar-refractivity contribution in [1.29, 1.82) is 0 Å². The molecule has 2 fully saturated rings. The second-order valence-corrected chi connectivity index (χ2v) is 3.99. The molecule has 2 bridgehead atoms. The molecule has 2 heterocycles. The van der Waals surface area contributed by atoms with Gasteiger partial charge in [0.2, 0.25) is 5.91 Å². The first-order valence-corrected chi connectivity index (χ1v) is 5.05. The van der Waals surface area contributed by atoms with Crippen LogP contribution in [0.1, 0.15) is 39.0 Å². The van der Waals surface area contributed by atoms with Gasteiger partial charge in [-0.1, -0.05) is 6.92 Å². The van der Waals surface area contributed by atoms with Crippen molar-refractivity contribution in [3.63, 3.8) is 0 Å². The number of rotatable bonds is 1. The van der Waals surface area contributed by atoms with E-state index >= 15 is 0 Å². The van der Waals surface area contributed by atoms with Crippen molar-refractivity contribution in [1.82, 2.24) is 4.90 Å². The third-order valence-electron chi connectivity index (χ3n) is 3.14. The van der Waals surface area contributed by atoms with E-state index in [1.54, 1.807) is 0 Å². The van der Waals surface area contributed by atoms with E-state index in [9.17, 15) is 9.59 Å². The third kappa shape index (κ3) is 1.36. The second-order valence-electron chi connectivity index (χ2n) is 3.99. The van der Waals surface area contributed by atoms with Crippen LogP contribution < -0.4 is 0 Å². The van der Waals surface area contributed by atoms with Crippen LogP contribution in [0.2, 0.25) is 0 Å². The van der Waals surface area contributed by atoms with Gasteiger partial charge in [0.25, 0.3) is 0 Å². The monoisotopic (exact) mass is 181 g/mol. The van der Waals surface area contributed by atoms with Gasteiger partial charge in [-0.25, -0.2) is 0 Å². The van der Waals surface area contributed by atoms with Crippen LogP contribution in [0.4, 0.5) is 0 Å². The zero-order valence-corrected chi connectivity index (χ0v) is 7.95. The molecule has 2 atom stereocenters. The molecule has 3 heteroatoms. The molecule has 0 aromatic rings. The Hall–Kier alpha value is -0.860. The van der Waals surface area contributed by atoms with E-state index < -0.39 is 0 Å². The van der Waals surface area contributed by atoms with Crippen LogP contribution in [0.5, 0.6) is 0 Å². The quantitative estimate of drug-likeness (QED) is 0.608. The Bertz CT molecular complexity index is 233. The van der Waals surface area contributed by atoms with Gasteiger partial charge in [0, 0.05) is 31.3 Å². The first-order chi connectivity index (χ1) is 6.22. The number of piperidine rings is 1. The van der Waals surface area contributed by atoms with Crippen molar-refractivity contribution in [2.24, 2.45) is 0 Å². The SMILES string of the molecule is CCC(=O)N1[C@@H]2CC[C@H]1CC(=O)C2. The second kappa shape index (κ2) is 3.13. The van der Waals surface area contributed by atoms with E-state index in [4.69, 9.17) is 0 Å². The van der Waals surface area contributed by atoms with Crippen molar-refractivity contribution in [2.45, 2.75) is 51.1 Å². The number of hydrogen-bond donors (Lipinski definition) is 0. The minimum absolute atomic E-state index is 0.222. The summed E-state index contributed by atoms with van der Waals surface area (Å²) in [5, 5.41) is 0. The van der Waals surface area contributed by atoms with Gasteiger partial charge in [-0.15, -0.1) is 0 Å². The molecular weight excluding hydrogens is 166 g/mol. The molecule has 0 spiro atoms. The number of amides is 1. The van der Waals surface area contributed by atoms with Gasteiger partial charge in [0.05, 0.1) is 0 Å². The normalized spacial score (nSPS) is 32.4. The molecule has 0 saturated carbocycles. The Balaban J connectivity index is 2.14. The van der Waals surface area contributed by atoms with Crippen LogP contribution in [-0.2, 0) is 9.59 Å². The molecule has 3 nitrogen and oxygen atoms in total. The Morgan fingerprint density at radius 3 is 2.38 bits per heavy atom. The van der Waals surface area contributed by atoms with E-state index in [0.29, 0.717) is 25.0 Å². The highest BCUT2D eigenvalue weighted by Gasteiger charge is 2.41. The summed E-state index contributed by atoms with van der Waals surface area (Å²) in [7, 11) is 0. The fraction of sp³-hybridized carbons (Fsp3) is 0.800. The van der Waals surface area contributed by atoms with Crippen molar-refractivity contribution in [3.8, 4) is 0 Å². The van der Waals surface area contributed by atoms with E-state index in [-0.39, 0.29) is 18.0 Å². The summed E-state index contributed by atoms with van der Waals surface area (Å²) >= 11 is 0. The van der Waals surface area contributed by atoms with Gasteiger partial charge in [-0.05, 0) is 12.8 Å². The van der Waals surface area contributed by atoms with Crippen molar-refractivity contribution < 1.29 is 9.59 Å². The van der Waals surface area contributed by atoms with Crippen LogP contribution in [0, 0.1) is 0 Å². The predicted octanol–water partition coefficient (Wildman–Crippen LogP) is 1.12. The van der Waals surface area contributed by atoms with Crippen LogP contribution in [-0.4, -0.2) is 28.7 Å². The maximum Gasteiger partial charge on any atom is 0.222 e. The maximum atomic E-state index is 11.5. The molecule has 2 saturated heterocycles. The number of Topliss-reactive ketones (excluding diaryl/α,β-unsaturated/α-hetero) is 1. The number of hydrogen-bond acceptors (Lipinski definition) is 2. The molecule has 0 radical (unpaired) electrons. The number of fused-ring (bicyclic) bond motifs is 2. The molecule has 1 amide bonds. The first-order valence-electron chi connectivity index (χ1n) is 5.05. The average Bonchev–Trinajstić information content (AvgIpc) is 2.37. The summed E-state index contributed by atoms with van der Waals surface area (Å²) in [5.74, 6) is 0.563. The Morgan fingerprint density at radius 2 is 1.92 bits per heavy atom. The fourth-order valence-corrected chi connectivity index (χ4v) is 2.56. The summed E-state index contributed by atoms with van der Waals surface area (Å²) in [6.07, 6.45) is 3.83. The van der Waals surface area contributed by atoms with Gasteiger partial charge >= 0.3 is 0 Å².